The largest absolute Gasteiger partial charge is 0.311 e. The highest BCUT2D eigenvalue weighted by Crippen LogP contribution is 2.34. The first-order chi connectivity index (χ1) is 9.43. The number of nitrogens with zero attached hydrogens (tertiary/aromatic N) is 3. The lowest BCUT2D eigenvalue weighted by molar-refractivity contribution is -0.384. The molecule has 0 aliphatic carbocycles. The molecule has 106 valence electrons. The minimum absolute atomic E-state index is 0.0825. The van der Waals surface area contributed by atoms with E-state index in [0.717, 1.165) is 17.4 Å². The maximum absolute atomic E-state index is 13.3. The van der Waals surface area contributed by atoms with Gasteiger partial charge in [-0.05, 0) is 20.0 Å². The van der Waals surface area contributed by atoms with Crippen molar-refractivity contribution in [3.05, 3.63) is 38.9 Å². The molecule has 1 aromatic carbocycles. The minimum atomic E-state index is -1.27. The molecule has 6 nitrogen and oxygen atoms in total. The van der Waals surface area contributed by atoms with Gasteiger partial charge in [0.15, 0.2) is 16.6 Å². The Morgan fingerprint density at radius 3 is 2.60 bits per heavy atom. The number of nitrogens with one attached hydrogen (secondary N) is 1. The van der Waals surface area contributed by atoms with Crippen LogP contribution in [0.3, 0.4) is 0 Å². The van der Waals surface area contributed by atoms with Gasteiger partial charge in [-0.15, -0.1) is 10.2 Å². The van der Waals surface area contributed by atoms with Crippen molar-refractivity contribution in [3.8, 4) is 10.6 Å². The summed E-state index contributed by atoms with van der Waals surface area (Å²) in [6.07, 6.45) is 0. The Morgan fingerprint density at radius 1 is 1.35 bits per heavy atom. The second-order valence-corrected chi connectivity index (χ2v) is 5.01. The average molecular weight is 300 g/mol. The number of hydrogen-bond donors (Lipinski definition) is 1. The summed E-state index contributed by atoms with van der Waals surface area (Å²) in [5.74, 6) is -2.43. The van der Waals surface area contributed by atoms with Gasteiger partial charge in [0.05, 0.1) is 22.6 Å². The average Bonchev–Trinajstić information content (AvgIpc) is 2.89. The lowest BCUT2D eigenvalue weighted by atomic mass is 10.2. The number of nitro benzene ring substituents is 1. The van der Waals surface area contributed by atoms with E-state index in [4.69, 9.17) is 0 Å². The van der Waals surface area contributed by atoms with Crippen molar-refractivity contribution in [1.82, 2.24) is 15.5 Å². The fourth-order valence-electron chi connectivity index (χ4n) is 1.50. The molecule has 1 unspecified atom stereocenters. The second-order valence-electron chi connectivity index (χ2n) is 4.00. The molecule has 20 heavy (non-hydrogen) atoms. The predicted molar refractivity (Wildman–Crippen MR) is 69.4 cm³/mol. The summed E-state index contributed by atoms with van der Waals surface area (Å²) in [6.45, 7) is 1.84. The molecule has 0 bridgehead atoms. The number of benzene rings is 1. The van der Waals surface area contributed by atoms with Gasteiger partial charge in [-0.25, -0.2) is 8.78 Å². The molecule has 2 aromatic rings. The molecule has 1 N–H and O–H groups in total. The van der Waals surface area contributed by atoms with E-state index in [0.29, 0.717) is 11.1 Å². The summed E-state index contributed by atoms with van der Waals surface area (Å²) in [5.41, 5.74) is -0.621. The number of rotatable bonds is 4. The molecular formula is C11H10F2N4O2S. The van der Waals surface area contributed by atoms with E-state index in [1.165, 1.54) is 0 Å². The Labute approximate surface area is 116 Å². The number of nitro groups is 1. The summed E-state index contributed by atoms with van der Waals surface area (Å²) in [6, 6.07) is 1.22. The topological polar surface area (TPSA) is 81.0 Å². The number of aromatic nitrogens is 2. The highest BCUT2D eigenvalue weighted by atomic mass is 32.1. The van der Waals surface area contributed by atoms with E-state index in [-0.39, 0.29) is 16.6 Å². The molecular weight excluding hydrogens is 290 g/mol. The van der Waals surface area contributed by atoms with Crippen LogP contribution >= 0.6 is 11.3 Å². The summed E-state index contributed by atoms with van der Waals surface area (Å²) in [5, 5.41) is 22.3. The first-order valence-corrected chi connectivity index (χ1v) is 6.40. The molecule has 0 saturated heterocycles. The van der Waals surface area contributed by atoms with Crippen LogP contribution in [0.1, 0.15) is 18.0 Å². The first-order valence-electron chi connectivity index (χ1n) is 5.58. The van der Waals surface area contributed by atoms with Gasteiger partial charge >= 0.3 is 0 Å². The van der Waals surface area contributed by atoms with Crippen LogP contribution in [0.4, 0.5) is 14.5 Å². The third-order valence-corrected chi connectivity index (χ3v) is 3.85. The van der Waals surface area contributed by atoms with Crippen molar-refractivity contribution in [2.24, 2.45) is 0 Å². The molecule has 0 saturated carbocycles. The maximum atomic E-state index is 13.3. The van der Waals surface area contributed by atoms with Crippen LogP contribution in [0, 0.1) is 21.7 Å². The Bertz CT molecular complexity index is 662. The Morgan fingerprint density at radius 2 is 2.00 bits per heavy atom. The van der Waals surface area contributed by atoms with Crippen molar-refractivity contribution >= 4 is 17.0 Å². The van der Waals surface area contributed by atoms with Crippen LogP contribution in [0.2, 0.25) is 0 Å². The number of hydrogen-bond acceptors (Lipinski definition) is 6. The fraction of sp³-hybridized carbons (Fsp3) is 0.273. The van der Waals surface area contributed by atoms with E-state index in [1.54, 1.807) is 7.05 Å². The van der Waals surface area contributed by atoms with E-state index in [1.807, 2.05) is 6.92 Å². The summed E-state index contributed by atoms with van der Waals surface area (Å²) < 4.78 is 26.4. The Kier molecular flexibility index (Phi) is 4.00. The smallest absolute Gasteiger partial charge is 0.282 e. The van der Waals surface area contributed by atoms with Crippen molar-refractivity contribution in [2.75, 3.05) is 7.05 Å². The van der Waals surface area contributed by atoms with Crippen molar-refractivity contribution < 1.29 is 13.7 Å². The quantitative estimate of drug-likeness (QED) is 0.693. The SMILES string of the molecule is CNC(C)c1nnc(-c2cc(F)c(F)cc2[N+](=O)[O-])s1. The third-order valence-electron chi connectivity index (χ3n) is 2.71. The lowest BCUT2D eigenvalue weighted by Gasteiger charge is -2.03. The Balaban J connectivity index is 2.54. The first kappa shape index (κ1) is 14.4. The normalized spacial score (nSPS) is 12.4. The molecule has 0 amide bonds. The predicted octanol–water partition coefficient (Wildman–Crippen LogP) is 2.67. The molecule has 1 atom stereocenters. The minimum Gasteiger partial charge on any atom is -0.311 e. The van der Waals surface area contributed by atoms with Crippen LogP contribution in [0.5, 0.6) is 0 Å². The van der Waals surface area contributed by atoms with E-state index >= 15 is 0 Å². The Hall–Kier alpha value is -2.00. The molecule has 0 aliphatic rings. The van der Waals surface area contributed by atoms with E-state index < -0.39 is 22.2 Å². The van der Waals surface area contributed by atoms with Gasteiger partial charge in [-0.1, -0.05) is 11.3 Å². The molecule has 0 fully saturated rings. The van der Waals surface area contributed by atoms with E-state index in [9.17, 15) is 18.9 Å². The molecule has 9 heteroatoms. The highest BCUT2D eigenvalue weighted by Gasteiger charge is 2.23. The van der Waals surface area contributed by atoms with Crippen LogP contribution < -0.4 is 5.32 Å². The van der Waals surface area contributed by atoms with Gasteiger partial charge < -0.3 is 5.32 Å². The van der Waals surface area contributed by atoms with Crippen molar-refractivity contribution in [2.45, 2.75) is 13.0 Å². The van der Waals surface area contributed by atoms with Crippen LogP contribution in [-0.2, 0) is 0 Å². The second kappa shape index (κ2) is 5.55. The van der Waals surface area contributed by atoms with Gasteiger partial charge in [0.2, 0.25) is 0 Å². The molecule has 1 heterocycles. The maximum Gasteiger partial charge on any atom is 0.282 e. The molecule has 0 spiro atoms. The molecule has 2 rings (SSSR count). The van der Waals surface area contributed by atoms with E-state index in [2.05, 4.69) is 15.5 Å². The van der Waals surface area contributed by atoms with Gasteiger partial charge in [0.1, 0.15) is 5.01 Å². The molecule has 0 aliphatic heterocycles. The van der Waals surface area contributed by atoms with Crippen LogP contribution in [-0.4, -0.2) is 22.2 Å². The summed E-state index contributed by atoms with van der Waals surface area (Å²) in [7, 11) is 1.73. The fourth-order valence-corrected chi connectivity index (χ4v) is 2.43. The van der Waals surface area contributed by atoms with Gasteiger partial charge in [-0.3, -0.25) is 10.1 Å². The summed E-state index contributed by atoms with van der Waals surface area (Å²) in [4.78, 5) is 10.1. The highest BCUT2D eigenvalue weighted by molar-refractivity contribution is 7.14. The van der Waals surface area contributed by atoms with Crippen molar-refractivity contribution in [3.63, 3.8) is 0 Å². The van der Waals surface area contributed by atoms with Crippen molar-refractivity contribution in [1.29, 1.82) is 0 Å². The lowest BCUT2D eigenvalue weighted by Crippen LogP contribution is -2.11. The standard InChI is InChI=1S/C11H10F2N4O2S/c1-5(14-2)10-15-16-11(20-10)6-3-7(12)8(13)4-9(6)17(18)19/h3-5,14H,1-2H3. The zero-order valence-electron chi connectivity index (χ0n) is 10.6. The zero-order valence-corrected chi connectivity index (χ0v) is 11.4. The third kappa shape index (κ3) is 2.63. The van der Waals surface area contributed by atoms with Crippen LogP contribution in [0.15, 0.2) is 12.1 Å². The van der Waals surface area contributed by atoms with Gasteiger partial charge in [0.25, 0.3) is 5.69 Å². The van der Waals surface area contributed by atoms with Gasteiger partial charge in [0, 0.05) is 0 Å². The van der Waals surface area contributed by atoms with Crippen LogP contribution in [0.25, 0.3) is 10.6 Å². The zero-order chi connectivity index (χ0) is 14.9. The number of halogens is 2. The molecule has 0 radical (unpaired) electrons. The monoisotopic (exact) mass is 300 g/mol. The summed E-state index contributed by atoms with van der Waals surface area (Å²) >= 11 is 1.09. The molecule has 1 aromatic heterocycles. The van der Waals surface area contributed by atoms with Gasteiger partial charge in [-0.2, -0.15) is 0 Å².